The van der Waals surface area contributed by atoms with Crippen molar-refractivity contribution in [2.75, 3.05) is 39.4 Å². The first-order chi connectivity index (χ1) is 8.58. The van der Waals surface area contributed by atoms with Gasteiger partial charge in [-0.3, -0.25) is 0 Å². The van der Waals surface area contributed by atoms with Crippen LogP contribution in [-0.4, -0.2) is 50.3 Å². The van der Waals surface area contributed by atoms with Crippen LogP contribution in [0.2, 0.25) is 0 Å². The summed E-state index contributed by atoms with van der Waals surface area (Å²) in [7, 11) is 0. The van der Waals surface area contributed by atoms with Crippen LogP contribution in [0.4, 0.5) is 0 Å². The third kappa shape index (κ3) is 7.34. The summed E-state index contributed by atoms with van der Waals surface area (Å²) in [6, 6.07) is 0.660. The standard InChI is InChI=1S/C15H32N2O/c1-13(2)12-18-9-5-7-17-8-6-15(4)16-10-14(3)11-17/h13-16H,5-12H2,1-4H3. The van der Waals surface area contributed by atoms with Crippen molar-refractivity contribution in [3.63, 3.8) is 0 Å². The van der Waals surface area contributed by atoms with Gasteiger partial charge in [-0.15, -0.1) is 0 Å². The van der Waals surface area contributed by atoms with E-state index in [1.807, 2.05) is 0 Å². The molecule has 108 valence electrons. The van der Waals surface area contributed by atoms with Gasteiger partial charge in [0.1, 0.15) is 0 Å². The summed E-state index contributed by atoms with van der Waals surface area (Å²) >= 11 is 0. The molecule has 0 radical (unpaired) electrons. The van der Waals surface area contributed by atoms with Crippen LogP contribution in [0, 0.1) is 11.8 Å². The molecule has 0 amide bonds. The molecule has 0 aliphatic carbocycles. The van der Waals surface area contributed by atoms with Crippen LogP contribution in [0.5, 0.6) is 0 Å². The first-order valence-corrected chi connectivity index (χ1v) is 7.61. The van der Waals surface area contributed by atoms with E-state index in [1.54, 1.807) is 0 Å². The second kappa shape index (κ2) is 8.89. The second-order valence-electron chi connectivity index (χ2n) is 6.33. The molecule has 0 aromatic carbocycles. The molecule has 0 bridgehead atoms. The van der Waals surface area contributed by atoms with Crippen molar-refractivity contribution in [2.24, 2.45) is 11.8 Å². The van der Waals surface area contributed by atoms with E-state index >= 15 is 0 Å². The third-order valence-electron chi connectivity index (χ3n) is 3.48. The molecule has 1 heterocycles. The maximum atomic E-state index is 5.65. The van der Waals surface area contributed by atoms with E-state index in [1.165, 1.54) is 32.5 Å². The summed E-state index contributed by atoms with van der Waals surface area (Å²) in [6.45, 7) is 15.6. The lowest BCUT2D eigenvalue weighted by molar-refractivity contribution is 0.0956. The Morgan fingerprint density at radius 3 is 2.83 bits per heavy atom. The van der Waals surface area contributed by atoms with E-state index in [0.717, 1.165) is 25.7 Å². The molecule has 1 aliphatic rings. The predicted molar refractivity (Wildman–Crippen MR) is 78.0 cm³/mol. The molecule has 1 saturated heterocycles. The quantitative estimate of drug-likeness (QED) is 0.738. The molecule has 1 N–H and O–H groups in total. The summed E-state index contributed by atoms with van der Waals surface area (Å²) in [4.78, 5) is 2.61. The third-order valence-corrected chi connectivity index (χ3v) is 3.48. The Labute approximate surface area is 113 Å². The zero-order chi connectivity index (χ0) is 13.4. The average molecular weight is 256 g/mol. The van der Waals surface area contributed by atoms with E-state index < -0.39 is 0 Å². The molecule has 3 heteroatoms. The monoisotopic (exact) mass is 256 g/mol. The van der Waals surface area contributed by atoms with Crippen LogP contribution >= 0.6 is 0 Å². The van der Waals surface area contributed by atoms with Crippen molar-refractivity contribution >= 4 is 0 Å². The van der Waals surface area contributed by atoms with Gasteiger partial charge < -0.3 is 15.0 Å². The smallest absolute Gasteiger partial charge is 0.0489 e. The average Bonchev–Trinajstić information content (AvgIpc) is 2.30. The van der Waals surface area contributed by atoms with Crippen molar-refractivity contribution in [3.05, 3.63) is 0 Å². The Bertz CT molecular complexity index is 209. The van der Waals surface area contributed by atoms with Crippen LogP contribution < -0.4 is 5.32 Å². The summed E-state index contributed by atoms with van der Waals surface area (Å²) in [5.41, 5.74) is 0. The van der Waals surface area contributed by atoms with Crippen molar-refractivity contribution < 1.29 is 4.74 Å². The van der Waals surface area contributed by atoms with Gasteiger partial charge >= 0.3 is 0 Å². The van der Waals surface area contributed by atoms with Gasteiger partial charge in [0.05, 0.1) is 0 Å². The Morgan fingerprint density at radius 2 is 2.11 bits per heavy atom. The van der Waals surface area contributed by atoms with Crippen LogP contribution in [0.3, 0.4) is 0 Å². The van der Waals surface area contributed by atoms with Crippen molar-refractivity contribution in [1.29, 1.82) is 0 Å². The minimum atomic E-state index is 0.652. The molecule has 2 atom stereocenters. The molecule has 0 aromatic rings. The highest BCUT2D eigenvalue weighted by atomic mass is 16.5. The Morgan fingerprint density at radius 1 is 1.33 bits per heavy atom. The van der Waals surface area contributed by atoms with Crippen molar-refractivity contribution in [2.45, 2.75) is 46.6 Å². The maximum absolute atomic E-state index is 5.65. The van der Waals surface area contributed by atoms with E-state index in [2.05, 4.69) is 37.9 Å². The van der Waals surface area contributed by atoms with E-state index in [4.69, 9.17) is 4.74 Å². The highest BCUT2D eigenvalue weighted by Crippen LogP contribution is 2.07. The lowest BCUT2D eigenvalue weighted by atomic mass is 10.1. The highest BCUT2D eigenvalue weighted by Gasteiger charge is 2.15. The molecule has 0 saturated carbocycles. The lowest BCUT2D eigenvalue weighted by Crippen LogP contribution is -2.42. The molecule has 1 fully saturated rings. The maximum Gasteiger partial charge on any atom is 0.0489 e. The van der Waals surface area contributed by atoms with Crippen LogP contribution in [-0.2, 0) is 4.74 Å². The number of hydrogen-bond acceptors (Lipinski definition) is 3. The number of hydrogen-bond donors (Lipinski definition) is 1. The van der Waals surface area contributed by atoms with Gasteiger partial charge in [0, 0.05) is 32.3 Å². The molecule has 3 nitrogen and oxygen atoms in total. The Balaban J connectivity index is 2.14. The second-order valence-corrected chi connectivity index (χ2v) is 6.33. The number of rotatable bonds is 6. The van der Waals surface area contributed by atoms with Gasteiger partial charge in [0.15, 0.2) is 0 Å². The van der Waals surface area contributed by atoms with Crippen molar-refractivity contribution in [3.8, 4) is 0 Å². The SMILES string of the molecule is CC(C)COCCCN1CCC(C)NCC(C)C1. The van der Waals surface area contributed by atoms with Gasteiger partial charge in [-0.2, -0.15) is 0 Å². The lowest BCUT2D eigenvalue weighted by Gasteiger charge is -2.31. The van der Waals surface area contributed by atoms with E-state index in [-0.39, 0.29) is 0 Å². The first-order valence-electron chi connectivity index (χ1n) is 7.61. The van der Waals surface area contributed by atoms with Crippen LogP contribution in [0.25, 0.3) is 0 Å². The molecule has 2 unspecified atom stereocenters. The van der Waals surface area contributed by atoms with Crippen LogP contribution in [0.15, 0.2) is 0 Å². The van der Waals surface area contributed by atoms with Gasteiger partial charge in [-0.1, -0.05) is 20.8 Å². The van der Waals surface area contributed by atoms with Crippen molar-refractivity contribution in [1.82, 2.24) is 10.2 Å². The largest absolute Gasteiger partial charge is 0.381 e. The molecule has 0 aromatic heterocycles. The molecular weight excluding hydrogens is 224 g/mol. The zero-order valence-corrected chi connectivity index (χ0v) is 12.7. The summed E-state index contributed by atoms with van der Waals surface area (Å²) in [5.74, 6) is 1.41. The molecular formula is C15H32N2O. The summed E-state index contributed by atoms with van der Waals surface area (Å²) < 4.78 is 5.65. The minimum Gasteiger partial charge on any atom is -0.381 e. The topological polar surface area (TPSA) is 24.5 Å². The normalized spacial score (nSPS) is 27.2. The highest BCUT2D eigenvalue weighted by molar-refractivity contribution is 4.73. The Kier molecular flexibility index (Phi) is 7.87. The molecule has 0 spiro atoms. The van der Waals surface area contributed by atoms with E-state index in [9.17, 15) is 0 Å². The Hall–Kier alpha value is -0.120. The van der Waals surface area contributed by atoms with E-state index in [0.29, 0.717) is 12.0 Å². The number of ether oxygens (including phenoxy) is 1. The fourth-order valence-electron chi connectivity index (χ4n) is 2.39. The molecule has 1 aliphatic heterocycles. The number of nitrogens with zero attached hydrogens (tertiary/aromatic N) is 1. The predicted octanol–water partition coefficient (Wildman–Crippen LogP) is 2.37. The summed E-state index contributed by atoms with van der Waals surface area (Å²) in [6.07, 6.45) is 2.43. The molecule has 1 rings (SSSR count). The molecule has 18 heavy (non-hydrogen) atoms. The fourth-order valence-corrected chi connectivity index (χ4v) is 2.39. The fraction of sp³-hybridized carbons (Fsp3) is 1.00. The zero-order valence-electron chi connectivity index (χ0n) is 12.7. The van der Waals surface area contributed by atoms with Crippen LogP contribution in [0.1, 0.15) is 40.5 Å². The van der Waals surface area contributed by atoms with Gasteiger partial charge in [-0.05, 0) is 44.7 Å². The summed E-state index contributed by atoms with van der Waals surface area (Å²) in [5, 5.41) is 3.59. The van der Waals surface area contributed by atoms with Gasteiger partial charge in [0.2, 0.25) is 0 Å². The first kappa shape index (κ1) is 15.9. The number of nitrogens with one attached hydrogen (secondary N) is 1. The van der Waals surface area contributed by atoms with Gasteiger partial charge in [0.25, 0.3) is 0 Å². The minimum absolute atomic E-state index is 0.652. The van der Waals surface area contributed by atoms with Gasteiger partial charge in [-0.25, -0.2) is 0 Å².